The topological polar surface area (TPSA) is 103 Å². The molecule has 0 aliphatic rings. The molecule has 88 valence electrons. The van der Waals surface area contributed by atoms with Gasteiger partial charge in [-0.1, -0.05) is 0 Å². The molecule has 0 aliphatic carbocycles. The van der Waals surface area contributed by atoms with Crippen LogP contribution in [0.2, 0.25) is 0 Å². The fraction of sp³-hybridized carbons (Fsp3) is 0.400. The zero-order valence-electron chi connectivity index (χ0n) is 9.02. The smallest absolute Gasteiger partial charge is 0.341 e. The highest BCUT2D eigenvalue weighted by atomic mass is 16.5. The number of hydrogen-bond acceptors (Lipinski definition) is 5. The summed E-state index contributed by atoms with van der Waals surface area (Å²) >= 11 is 0. The average Bonchev–Trinajstić information content (AvgIpc) is 2.58. The van der Waals surface area contributed by atoms with E-state index in [1.807, 2.05) is 0 Å². The van der Waals surface area contributed by atoms with Crippen molar-refractivity contribution in [2.75, 3.05) is 7.11 Å². The Morgan fingerprint density at radius 3 is 2.75 bits per heavy atom. The number of esters is 1. The fourth-order valence-electron chi connectivity index (χ4n) is 1.26. The molecule has 1 heterocycles. The lowest BCUT2D eigenvalue weighted by molar-refractivity contribution is -0.138. The van der Waals surface area contributed by atoms with Gasteiger partial charge in [0, 0.05) is 6.42 Å². The molecule has 1 aromatic heterocycles. The first-order chi connectivity index (χ1) is 7.45. The minimum atomic E-state index is -1.12. The summed E-state index contributed by atoms with van der Waals surface area (Å²) < 4.78 is 9.75. The van der Waals surface area contributed by atoms with Crippen molar-refractivity contribution >= 4 is 11.9 Å². The first-order valence-electron chi connectivity index (χ1n) is 4.61. The van der Waals surface area contributed by atoms with Crippen LogP contribution in [0.3, 0.4) is 0 Å². The average molecular weight is 227 g/mol. The molecule has 3 N–H and O–H groups in total. The molecule has 1 atom stereocenters. The first-order valence-corrected chi connectivity index (χ1v) is 4.61. The third-order valence-corrected chi connectivity index (χ3v) is 2.11. The molecular formula is C10H13NO5. The lowest BCUT2D eigenvalue weighted by atomic mass is 10.1. The third kappa shape index (κ3) is 2.60. The van der Waals surface area contributed by atoms with Gasteiger partial charge in [-0.2, -0.15) is 0 Å². The van der Waals surface area contributed by atoms with Crippen molar-refractivity contribution in [1.82, 2.24) is 0 Å². The Morgan fingerprint density at radius 2 is 2.25 bits per heavy atom. The Labute approximate surface area is 92.0 Å². The highest BCUT2D eigenvalue weighted by Crippen LogP contribution is 2.16. The predicted molar refractivity (Wildman–Crippen MR) is 54.1 cm³/mol. The summed E-state index contributed by atoms with van der Waals surface area (Å²) in [6, 6.07) is 0.403. The largest absolute Gasteiger partial charge is 0.480 e. The zero-order chi connectivity index (χ0) is 12.3. The van der Waals surface area contributed by atoms with Gasteiger partial charge in [0.1, 0.15) is 23.1 Å². The Bertz CT molecular complexity index is 409. The van der Waals surface area contributed by atoms with Gasteiger partial charge in [-0.15, -0.1) is 0 Å². The van der Waals surface area contributed by atoms with E-state index in [1.165, 1.54) is 13.2 Å². The number of rotatable bonds is 4. The second-order valence-electron chi connectivity index (χ2n) is 3.32. The highest BCUT2D eigenvalue weighted by Gasteiger charge is 2.19. The number of methoxy groups -OCH3 is 1. The molecule has 16 heavy (non-hydrogen) atoms. The molecule has 0 aromatic carbocycles. The Balaban J connectivity index is 2.85. The van der Waals surface area contributed by atoms with E-state index in [0.717, 1.165) is 0 Å². The van der Waals surface area contributed by atoms with Gasteiger partial charge in [0.2, 0.25) is 0 Å². The lowest BCUT2D eigenvalue weighted by Gasteiger charge is -2.01. The molecule has 0 radical (unpaired) electrons. The van der Waals surface area contributed by atoms with Crippen LogP contribution in [0, 0.1) is 6.92 Å². The molecule has 0 saturated heterocycles. The van der Waals surface area contributed by atoms with E-state index in [4.69, 9.17) is 15.3 Å². The molecule has 0 fully saturated rings. The maximum Gasteiger partial charge on any atom is 0.341 e. The van der Waals surface area contributed by atoms with Gasteiger partial charge in [-0.3, -0.25) is 4.79 Å². The summed E-state index contributed by atoms with van der Waals surface area (Å²) in [6.07, 6.45) is 0.0349. The van der Waals surface area contributed by atoms with Gasteiger partial charge in [0.15, 0.2) is 0 Å². The van der Waals surface area contributed by atoms with Crippen LogP contribution in [0.15, 0.2) is 10.5 Å². The van der Waals surface area contributed by atoms with Crippen molar-refractivity contribution in [2.45, 2.75) is 19.4 Å². The van der Waals surface area contributed by atoms with Crippen LogP contribution < -0.4 is 5.73 Å². The molecule has 0 aliphatic heterocycles. The van der Waals surface area contributed by atoms with Gasteiger partial charge in [0.05, 0.1) is 7.11 Å². The van der Waals surface area contributed by atoms with Crippen LogP contribution in [0.1, 0.15) is 21.9 Å². The molecular weight excluding hydrogens is 214 g/mol. The van der Waals surface area contributed by atoms with Gasteiger partial charge in [-0.25, -0.2) is 4.79 Å². The standard InChI is InChI=1S/C10H13NO5/c1-5-7(10(14)15-2)3-6(16-5)4-8(11)9(12)13/h3,8H,4,11H2,1-2H3,(H,12,13). The van der Waals surface area contributed by atoms with E-state index in [1.54, 1.807) is 6.92 Å². The van der Waals surface area contributed by atoms with Crippen molar-refractivity contribution in [3.8, 4) is 0 Å². The van der Waals surface area contributed by atoms with E-state index >= 15 is 0 Å². The molecule has 0 amide bonds. The summed E-state index contributed by atoms with van der Waals surface area (Å²) in [5.74, 6) is -0.891. The number of carboxylic acids is 1. The predicted octanol–water partition coefficient (Wildman–Crippen LogP) is 0.329. The minimum Gasteiger partial charge on any atom is -0.480 e. The van der Waals surface area contributed by atoms with E-state index < -0.39 is 18.0 Å². The number of nitrogens with two attached hydrogens (primary N) is 1. The summed E-state index contributed by atoms with van der Waals surface area (Å²) in [5, 5.41) is 8.62. The molecule has 6 nitrogen and oxygen atoms in total. The Hall–Kier alpha value is -1.82. The maximum absolute atomic E-state index is 11.2. The third-order valence-electron chi connectivity index (χ3n) is 2.11. The summed E-state index contributed by atoms with van der Waals surface area (Å²) in [4.78, 5) is 21.8. The summed E-state index contributed by atoms with van der Waals surface area (Å²) in [6.45, 7) is 1.60. The van der Waals surface area contributed by atoms with E-state index in [2.05, 4.69) is 4.74 Å². The van der Waals surface area contributed by atoms with Crippen molar-refractivity contribution in [3.05, 3.63) is 23.2 Å². The number of aliphatic carboxylic acids is 1. The Kier molecular flexibility index (Phi) is 3.68. The quantitative estimate of drug-likeness (QED) is 0.718. The molecule has 0 saturated carbocycles. The van der Waals surface area contributed by atoms with Crippen LogP contribution >= 0.6 is 0 Å². The SMILES string of the molecule is COC(=O)c1cc(CC(N)C(=O)O)oc1C. The second-order valence-corrected chi connectivity index (χ2v) is 3.32. The van der Waals surface area contributed by atoms with E-state index in [0.29, 0.717) is 11.5 Å². The lowest BCUT2D eigenvalue weighted by Crippen LogP contribution is -2.32. The number of carbonyl (C=O) groups excluding carboxylic acids is 1. The van der Waals surface area contributed by atoms with Crippen LogP contribution in [0.5, 0.6) is 0 Å². The number of aryl methyl sites for hydroxylation is 1. The molecule has 1 aromatic rings. The molecule has 6 heteroatoms. The van der Waals surface area contributed by atoms with Crippen LogP contribution in [-0.2, 0) is 16.0 Å². The molecule has 0 spiro atoms. The van der Waals surface area contributed by atoms with E-state index in [9.17, 15) is 9.59 Å². The normalized spacial score (nSPS) is 12.2. The molecule has 0 bridgehead atoms. The zero-order valence-corrected chi connectivity index (χ0v) is 9.02. The number of furan rings is 1. The van der Waals surface area contributed by atoms with E-state index in [-0.39, 0.29) is 12.0 Å². The molecule has 1 unspecified atom stereocenters. The number of carboxylic acid groups (broad SMARTS) is 1. The number of carbonyl (C=O) groups is 2. The Morgan fingerprint density at radius 1 is 1.62 bits per heavy atom. The van der Waals surface area contributed by atoms with Crippen LogP contribution in [0.25, 0.3) is 0 Å². The summed E-state index contributed by atoms with van der Waals surface area (Å²) in [7, 11) is 1.26. The fourth-order valence-corrected chi connectivity index (χ4v) is 1.26. The van der Waals surface area contributed by atoms with Gasteiger partial charge < -0.3 is 20.0 Å². The number of ether oxygens (including phenoxy) is 1. The van der Waals surface area contributed by atoms with Gasteiger partial charge in [-0.05, 0) is 13.0 Å². The van der Waals surface area contributed by atoms with Crippen LogP contribution in [0.4, 0.5) is 0 Å². The van der Waals surface area contributed by atoms with Gasteiger partial charge >= 0.3 is 11.9 Å². The second kappa shape index (κ2) is 4.80. The minimum absolute atomic E-state index is 0.0349. The highest BCUT2D eigenvalue weighted by molar-refractivity contribution is 5.90. The van der Waals surface area contributed by atoms with Crippen LogP contribution in [-0.4, -0.2) is 30.2 Å². The van der Waals surface area contributed by atoms with Gasteiger partial charge in [0.25, 0.3) is 0 Å². The summed E-state index contributed by atoms with van der Waals surface area (Å²) in [5.41, 5.74) is 5.63. The monoisotopic (exact) mass is 227 g/mol. The number of hydrogen-bond donors (Lipinski definition) is 2. The first kappa shape index (κ1) is 12.3. The maximum atomic E-state index is 11.2. The molecule has 1 rings (SSSR count). The van der Waals surface area contributed by atoms with Crippen molar-refractivity contribution in [1.29, 1.82) is 0 Å². The van der Waals surface area contributed by atoms with Crippen molar-refractivity contribution in [3.63, 3.8) is 0 Å². The van der Waals surface area contributed by atoms with Crippen molar-refractivity contribution in [2.24, 2.45) is 5.73 Å². The van der Waals surface area contributed by atoms with Crippen molar-refractivity contribution < 1.29 is 23.8 Å².